The smallest absolute Gasteiger partial charge is 0.327 e. The molecule has 2 amide bonds. The number of carbonyl (C=O) groups excluding carboxylic acids is 3. The van der Waals surface area contributed by atoms with Crippen molar-refractivity contribution in [2.24, 2.45) is 34.5 Å². The molecule has 0 radical (unpaired) electrons. The van der Waals surface area contributed by atoms with E-state index in [-0.39, 0.29) is 61.9 Å². The minimum atomic E-state index is -1.30. The van der Waals surface area contributed by atoms with E-state index in [0.717, 1.165) is 61.6 Å². The number of rotatable bonds is 11. The molecule has 2 aromatic carbocycles. The molecule has 4 heterocycles. The van der Waals surface area contributed by atoms with E-state index >= 15 is 0 Å². The lowest BCUT2D eigenvalue weighted by molar-refractivity contribution is -0.235. The van der Waals surface area contributed by atoms with Crippen LogP contribution in [-0.2, 0) is 46.5 Å². The number of nitrogens with zero attached hydrogens (tertiary/aromatic N) is 1. The summed E-state index contributed by atoms with van der Waals surface area (Å²) in [5.41, 5.74) is 3.82. The van der Waals surface area contributed by atoms with Crippen molar-refractivity contribution >= 4 is 23.9 Å². The number of benzene rings is 2. The summed E-state index contributed by atoms with van der Waals surface area (Å²) in [5.74, 6) is -0.0520. The maximum atomic E-state index is 15.0. The van der Waals surface area contributed by atoms with Gasteiger partial charge in [0.25, 0.3) is 5.91 Å². The van der Waals surface area contributed by atoms with Crippen LogP contribution in [-0.4, -0.2) is 89.1 Å². The molecule has 0 spiro atoms. The highest BCUT2D eigenvalue weighted by Crippen LogP contribution is 2.64. The maximum absolute atomic E-state index is 15.0. The van der Waals surface area contributed by atoms with E-state index in [9.17, 15) is 19.5 Å². The molecule has 5 saturated carbocycles. The van der Waals surface area contributed by atoms with Crippen LogP contribution in [0.3, 0.4) is 0 Å². The first kappa shape index (κ1) is 39.2. The third-order valence-electron chi connectivity index (χ3n) is 16.0. The molecule has 9 fully saturated rings. The molecule has 0 aromatic heterocycles. The van der Waals surface area contributed by atoms with E-state index in [1.54, 1.807) is 23.3 Å². The van der Waals surface area contributed by atoms with E-state index in [0.29, 0.717) is 28.9 Å². The Labute approximate surface area is 352 Å². The number of esters is 1. The van der Waals surface area contributed by atoms with Gasteiger partial charge in [-0.2, -0.15) is 5.06 Å². The molecule has 12 nitrogen and oxygen atoms in total. The maximum Gasteiger partial charge on any atom is 0.327 e. The van der Waals surface area contributed by atoms with Gasteiger partial charge in [0.2, 0.25) is 5.91 Å². The average molecular weight is 822 g/mol. The van der Waals surface area contributed by atoms with Crippen LogP contribution in [0.25, 0.3) is 6.08 Å². The van der Waals surface area contributed by atoms with Crippen LogP contribution in [0, 0.1) is 34.5 Å². The van der Waals surface area contributed by atoms with Gasteiger partial charge < -0.3 is 34.7 Å². The van der Waals surface area contributed by atoms with Gasteiger partial charge in [0, 0.05) is 36.9 Å². The van der Waals surface area contributed by atoms with Crippen molar-refractivity contribution in [3.8, 4) is 0 Å². The Bertz CT molecular complexity index is 2100. The van der Waals surface area contributed by atoms with E-state index < -0.39 is 47.6 Å². The van der Waals surface area contributed by atoms with Gasteiger partial charge in [-0.3, -0.25) is 19.2 Å². The summed E-state index contributed by atoms with van der Waals surface area (Å²) in [4.78, 5) is 49.0. The summed E-state index contributed by atoms with van der Waals surface area (Å²) >= 11 is 0. The molecular weight excluding hydrogens is 763 g/mol. The van der Waals surface area contributed by atoms with Gasteiger partial charge >= 0.3 is 5.97 Å². The zero-order valence-electron chi connectivity index (χ0n) is 35.0. The summed E-state index contributed by atoms with van der Waals surface area (Å²) in [6.07, 6.45) is 10.2. The zero-order chi connectivity index (χ0) is 41.2. The van der Waals surface area contributed by atoms with Crippen LogP contribution in [0.15, 0.2) is 54.1 Å². The fraction of sp³-hybridized carbons (Fsp3) is 0.646. The molecular formula is C48H59N3O9. The van der Waals surface area contributed by atoms with Crippen LogP contribution in [0.2, 0.25) is 0 Å². The topological polar surface area (TPSA) is 148 Å². The molecule has 10 atom stereocenters. The van der Waals surface area contributed by atoms with Gasteiger partial charge in [-0.15, -0.1) is 0 Å². The minimum absolute atomic E-state index is 0.0319. The Morgan fingerprint density at radius 2 is 1.67 bits per heavy atom. The number of aliphatic hydroxyl groups is 1. The molecule has 4 saturated heterocycles. The van der Waals surface area contributed by atoms with Crippen molar-refractivity contribution in [1.29, 1.82) is 0 Å². The van der Waals surface area contributed by atoms with Crippen LogP contribution >= 0.6 is 0 Å². The lowest BCUT2D eigenvalue weighted by Gasteiger charge is -2.53. The second-order valence-corrected chi connectivity index (χ2v) is 20.4. The molecule has 2 aromatic rings. The summed E-state index contributed by atoms with van der Waals surface area (Å²) in [7, 11) is 0. The number of aliphatic hydroxyl groups excluding tert-OH is 1. The van der Waals surface area contributed by atoms with Gasteiger partial charge in [-0.25, -0.2) is 0 Å². The molecule has 12 heteroatoms. The minimum Gasteiger partial charge on any atom is -0.458 e. The van der Waals surface area contributed by atoms with E-state index in [4.69, 9.17) is 23.8 Å². The van der Waals surface area contributed by atoms with Crippen molar-refractivity contribution in [2.45, 2.75) is 146 Å². The van der Waals surface area contributed by atoms with Crippen molar-refractivity contribution < 1.29 is 43.3 Å². The lowest BCUT2D eigenvalue weighted by atomic mass is 9.52. The van der Waals surface area contributed by atoms with E-state index in [2.05, 4.69) is 61.7 Å². The third-order valence-corrected chi connectivity index (χ3v) is 16.0. The molecule has 10 unspecified atom stereocenters. The second-order valence-electron chi connectivity index (χ2n) is 20.4. The SMILES string of the molecule is CC1(C)CC2C(=Cc3cccc(CN4OC5C6OC(C7CC7)(C7CC7)OC6C6CC5(C(=O)NCc5cccc(C(=O)NCCO)c5)C4C(=O)O6)c3)CCC3OC3(C)CCC21. The number of hydrogen-bond donors (Lipinski definition) is 3. The quantitative estimate of drug-likeness (QED) is 0.193. The Kier molecular flexibility index (Phi) is 9.27. The third kappa shape index (κ3) is 6.41. The highest BCUT2D eigenvalue weighted by atomic mass is 16.8. The predicted molar refractivity (Wildman–Crippen MR) is 218 cm³/mol. The highest BCUT2D eigenvalue weighted by Gasteiger charge is 2.78. The van der Waals surface area contributed by atoms with Crippen molar-refractivity contribution in [3.63, 3.8) is 0 Å². The molecule has 320 valence electrons. The summed E-state index contributed by atoms with van der Waals surface area (Å²) < 4.78 is 26.5. The van der Waals surface area contributed by atoms with E-state index in [1.807, 2.05) is 6.07 Å². The molecule has 11 rings (SSSR count). The summed E-state index contributed by atoms with van der Waals surface area (Å²) in [5, 5.41) is 16.7. The first-order valence-electron chi connectivity index (χ1n) is 22.6. The van der Waals surface area contributed by atoms with Gasteiger partial charge in [0.05, 0.1) is 24.9 Å². The van der Waals surface area contributed by atoms with Crippen molar-refractivity contribution in [3.05, 3.63) is 76.4 Å². The number of allylic oxidation sites excluding steroid dienone is 1. The molecule has 3 N–H and O–H groups in total. The lowest BCUT2D eigenvalue weighted by Crippen LogP contribution is -2.69. The summed E-state index contributed by atoms with van der Waals surface area (Å²) in [6, 6.07) is 14.5. The van der Waals surface area contributed by atoms with Gasteiger partial charge in [0.1, 0.15) is 29.8 Å². The number of amides is 2. The Balaban J connectivity index is 0.888. The van der Waals surface area contributed by atoms with E-state index in [1.165, 1.54) is 18.4 Å². The first-order valence-corrected chi connectivity index (χ1v) is 22.6. The number of fused-ring (bicyclic) bond motifs is 6. The van der Waals surface area contributed by atoms with Gasteiger partial charge in [-0.1, -0.05) is 61.9 Å². The normalized spacial score (nSPS) is 38.9. The molecule has 60 heavy (non-hydrogen) atoms. The van der Waals surface area contributed by atoms with Crippen LogP contribution in [0.5, 0.6) is 0 Å². The predicted octanol–water partition coefficient (Wildman–Crippen LogP) is 5.60. The number of hydroxylamine groups is 2. The van der Waals surface area contributed by atoms with Crippen molar-refractivity contribution in [2.75, 3.05) is 13.2 Å². The highest BCUT2D eigenvalue weighted by molar-refractivity contribution is 5.95. The Morgan fingerprint density at radius 1 is 0.900 bits per heavy atom. The number of nitrogens with one attached hydrogen (secondary N) is 2. The zero-order valence-corrected chi connectivity index (χ0v) is 35.0. The number of hydrogen-bond acceptors (Lipinski definition) is 10. The van der Waals surface area contributed by atoms with Crippen LogP contribution < -0.4 is 10.6 Å². The average Bonchev–Trinajstić information content (AvgIpc) is 4.18. The Morgan fingerprint density at radius 3 is 2.43 bits per heavy atom. The molecule has 2 bridgehead atoms. The van der Waals surface area contributed by atoms with Crippen LogP contribution in [0.4, 0.5) is 0 Å². The largest absolute Gasteiger partial charge is 0.458 e. The van der Waals surface area contributed by atoms with Crippen LogP contribution in [0.1, 0.15) is 112 Å². The Hall–Kier alpha value is -3.65. The fourth-order valence-electron chi connectivity index (χ4n) is 12.5. The fourth-order valence-corrected chi connectivity index (χ4v) is 12.5. The summed E-state index contributed by atoms with van der Waals surface area (Å²) in [6.45, 7) is 7.52. The number of carbonyl (C=O) groups is 3. The first-order chi connectivity index (χ1) is 28.9. The molecule has 4 aliphatic heterocycles. The molecule has 9 aliphatic rings. The van der Waals surface area contributed by atoms with Crippen molar-refractivity contribution in [1.82, 2.24) is 15.7 Å². The standard InChI is InChI=1S/C48H59N3O9/c1-45(2)23-34-30(10-15-37-46(3,57-37)17-16-35(34)45)21-27-6-4-8-29(20-27)26-51-40-43(54)56-36-24-47(40,44(55)50-25-28-7-5-9-31(22-28)42(53)49-18-19-52)41(60-51)39-38(36)58-48(59-39,32-11-12-32)33-13-14-33/h4-9,20-22,32-41,52H,10-19,23-26H2,1-3H3,(H,49,53)(H,50,55). The molecule has 5 aliphatic carbocycles. The number of ether oxygens (including phenoxy) is 4. The second kappa shape index (κ2) is 14.2. The van der Waals surface area contributed by atoms with Gasteiger partial charge in [0.15, 0.2) is 11.8 Å². The monoisotopic (exact) mass is 821 g/mol. The number of epoxide rings is 1. The van der Waals surface area contributed by atoms with Gasteiger partial charge in [-0.05, 0) is 111 Å².